The minimum absolute atomic E-state index is 0.163. The topological polar surface area (TPSA) is 12.0 Å². The summed E-state index contributed by atoms with van der Waals surface area (Å²) in [6.45, 7) is 5.13. The summed E-state index contributed by atoms with van der Waals surface area (Å²) < 4.78 is 16.2. The molecule has 1 rings (SSSR count). The molecule has 3 heteroatoms. The standard InChI is InChI=1S/C10H14FNS/c1-8(2)7-12-13-10-6-4-3-5-9(10)11/h3-6,8,12H,7H2,1-2H3. The van der Waals surface area contributed by atoms with Crippen LogP contribution >= 0.6 is 11.9 Å². The molecule has 1 N–H and O–H groups in total. The summed E-state index contributed by atoms with van der Waals surface area (Å²) in [5, 5.41) is 0. The van der Waals surface area contributed by atoms with Crippen molar-refractivity contribution >= 4 is 11.9 Å². The number of halogens is 1. The van der Waals surface area contributed by atoms with Crippen molar-refractivity contribution in [3.63, 3.8) is 0 Å². The van der Waals surface area contributed by atoms with Crippen LogP contribution in [0.25, 0.3) is 0 Å². The average Bonchev–Trinajstić information content (AvgIpc) is 2.08. The smallest absolute Gasteiger partial charge is 0.138 e. The monoisotopic (exact) mass is 199 g/mol. The van der Waals surface area contributed by atoms with Crippen LogP contribution in [-0.2, 0) is 0 Å². The Labute approximate surface area is 82.9 Å². The predicted octanol–water partition coefficient (Wildman–Crippen LogP) is 3.08. The van der Waals surface area contributed by atoms with Crippen molar-refractivity contribution in [2.24, 2.45) is 5.92 Å². The van der Waals surface area contributed by atoms with Crippen molar-refractivity contribution in [2.45, 2.75) is 18.7 Å². The lowest BCUT2D eigenvalue weighted by Crippen LogP contribution is -2.11. The van der Waals surface area contributed by atoms with E-state index in [-0.39, 0.29) is 5.82 Å². The summed E-state index contributed by atoms with van der Waals surface area (Å²) in [5.74, 6) is 0.419. The first kappa shape index (κ1) is 10.5. The van der Waals surface area contributed by atoms with Crippen molar-refractivity contribution in [3.05, 3.63) is 30.1 Å². The molecule has 0 spiro atoms. The second-order valence-corrected chi connectivity index (χ2v) is 4.21. The van der Waals surface area contributed by atoms with E-state index in [2.05, 4.69) is 18.6 Å². The van der Waals surface area contributed by atoms with Gasteiger partial charge in [0.25, 0.3) is 0 Å². The zero-order valence-electron chi connectivity index (χ0n) is 7.88. The Balaban J connectivity index is 2.41. The van der Waals surface area contributed by atoms with Gasteiger partial charge in [-0.1, -0.05) is 26.0 Å². The molecule has 1 aromatic rings. The highest BCUT2D eigenvalue weighted by Gasteiger charge is 2.00. The van der Waals surface area contributed by atoms with Crippen LogP contribution in [0.3, 0.4) is 0 Å². The molecule has 0 bridgehead atoms. The van der Waals surface area contributed by atoms with Crippen molar-refractivity contribution < 1.29 is 4.39 Å². The Kier molecular flexibility index (Phi) is 4.25. The normalized spacial score (nSPS) is 10.8. The predicted molar refractivity (Wildman–Crippen MR) is 55.1 cm³/mol. The van der Waals surface area contributed by atoms with Crippen LogP contribution in [0.2, 0.25) is 0 Å². The quantitative estimate of drug-likeness (QED) is 0.748. The molecule has 0 heterocycles. The van der Waals surface area contributed by atoms with E-state index >= 15 is 0 Å². The number of rotatable bonds is 4. The lowest BCUT2D eigenvalue weighted by Gasteiger charge is -2.06. The lowest BCUT2D eigenvalue weighted by atomic mass is 10.2. The summed E-state index contributed by atoms with van der Waals surface area (Å²) in [5.41, 5.74) is 0. The van der Waals surface area contributed by atoms with Crippen LogP contribution in [0.4, 0.5) is 4.39 Å². The Morgan fingerprint density at radius 3 is 2.69 bits per heavy atom. The molecule has 0 aromatic heterocycles. The van der Waals surface area contributed by atoms with E-state index in [1.165, 1.54) is 18.0 Å². The Morgan fingerprint density at radius 1 is 1.38 bits per heavy atom. The van der Waals surface area contributed by atoms with E-state index < -0.39 is 0 Å². The van der Waals surface area contributed by atoms with Gasteiger partial charge in [0.1, 0.15) is 5.82 Å². The highest BCUT2D eigenvalue weighted by molar-refractivity contribution is 7.97. The largest absolute Gasteiger partial charge is 0.260 e. The number of hydrogen-bond donors (Lipinski definition) is 1. The van der Waals surface area contributed by atoms with Gasteiger partial charge in [-0.15, -0.1) is 0 Å². The highest BCUT2D eigenvalue weighted by atomic mass is 32.2. The fraction of sp³-hybridized carbons (Fsp3) is 0.400. The van der Waals surface area contributed by atoms with Gasteiger partial charge in [0, 0.05) is 6.54 Å². The number of hydrogen-bond acceptors (Lipinski definition) is 2. The molecule has 0 aliphatic rings. The molecule has 0 aliphatic heterocycles. The molecule has 0 aliphatic carbocycles. The minimum Gasteiger partial charge on any atom is -0.260 e. The molecule has 0 atom stereocenters. The molecule has 0 radical (unpaired) electrons. The van der Waals surface area contributed by atoms with E-state index in [1.54, 1.807) is 12.1 Å². The summed E-state index contributed by atoms with van der Waals surface area (Å²) in [4.78, 5) is 0.656. The van der Waals surface area contributed by atoms with Gasteiger partial charge in [-0.3, -0.25) is 4.72 Å². The van der Waals surface area contributed by atoms with Gasteiger partial charge in [-0.05, 0) is 30.0 Å². The van der Waals surface area contributed by atoms with Crippen LogP contribution in [0.1, 0.15) is 13.8 Å². The van der Waals surface area contributed by atoms with Crippen molar-refractivity contribution in [1.82, 2.24) is 4.72 Å². The first-order valence-corrected chi connectivity index (χ1v) is 5.16. The summed E-state index contributed by atoms with van der Waals surface area (Å²) in [6.07, 6.45) is 0. The Bertz CT molecular complexity index is 263. The SMILES string of the molecule is CC(C)CNSc1ccccc1F. The van der Waals surface area contributed by atoms with Gasteiger partial charge in [-0.2, -0.15) is 0 Å². The van der Waals surface area contributed by atoms with Crippen LogP contribution in [0.15, 0.2) is 29.2 Å². The van der Waals surface area contributed by atoms with Crippen molar-refractivity contribution in [3.8, 4) is 0 Å². The van der Waals surface area contributed by atoms with Gasteiger partial charge in [0.15, 0.2) is 0 Å². The van der Waals surface area contributed by atoms with Gasteiger partial charge >= 0.3 is 0 Å². The minimum atomic E-state index is -0.163. The summed E-state index contributed by atoms with van der Waals surface area (Å²) in [7, 11) is 0. The fourth-order valence-electron chi connectivity index (χ4n) is 0.814. The lowest BCUT2D eigenvalue weighted by molar-refractivity contribution is 0.599. The molecule has 13 heavy (non-hydrogen) atoms. The summed E-state index contributed by atoms with van der Waals surface area (Å²) in [6, 6.07) is 6.77. The summed E-state index contributed by atoms with van der Waals surface area (Å²) >= 11 is 1.35. The van der Waals surface area contributed by atoms with Crippen molar-refractivity contribution in [2.75, 3.05) is 6.54 Å². The maximum atomic E-state index is 13.1. The van der Waals surface area contributed by atoms with E-state index in [4.69, 9.17) is 0 Å². The van der Waals surface area contributed by atoms with Gasteiger partial charge in [0.05, 0.1) is 4.90 Å². The molecule has 0 saturated heterocycles. The molecular formula is C10H14FNS. The van der Waals surface area contributed by atoms with Crippen LogP contribution in [-0.4, -0.2) is 6.54 Å². The maximum absolute atomic E-state index is 13.1. The molecule has 72 valence electrons. The van der Waals surface area contributed by atoms with E-state index in [0.29, 0.717) is 10.8 Å². The fourth-order valence-corrected chi connectivity index (χ4v) is 1.70. The van der Waals surface area contributed by atoms with E-state index in [9.17, 15) is 4.39 Å². The zero-order chi connectivity index (χ0) is 9.68. The first-order valence-electron chi connectivity index (χ1n) is 4.34. The highest BCUT2D eigenvalue weighted by Crippen LogP contribution is 2.17. The Morgan fingerprint density at radius 2 is 2.08 bits per heavy atom. The van der Waals surface area contributed by atoms with Crippen LogP contribution in [0, 0.1) is 11.7 Å². The van der Waals surface area contributed by atoms with Gasteiger partial charge in [0.2, 0.25) is 0 Å². The second kappa shape index (κ2) is 5.25. The molecule has 0 fully saturated rings. The average molecular weight is 199 g/mol. The van der Waals surface area contributed by atoms with Crippen LogP contribution < -0.4 is 4.72 Å². The number of nitrogens with one attached hydrogen (secondary N) is 1. The third-order valence-electron chi connectivity index (χ3n) is 1.51. The van der Waals surface area contributed by atoms with Crippen LogP contribution in [0.5, 0.6) is 0 Å². The zero-order valence-corrected chi connectivity index (χ0v) is 8.70. The molecule has 0 amide bonds. The molecule has 0 saturated carbocycles. The molecule has 1 aromatic carbocycles. The first-order chi connectivity index (χ1) is 6.20. The third kappa shape index (κ3) is 3.79. The number of benzene rings is 1. The van der Waals surface area contributed by atoms with Gasteiger partial charge in [-0.25, -0.2) is 4.39 Å². The molecular weight excluding hydrogens is 185 g/mol. The second-order valence-electron chi connectivity index (χ2n) is 3.27. The molecule has 0 unspecified atom stereocenters. The van der Waals surface area contributed by atoms with E-state index in [1.807, 2.05) is 6.07 Å². The van der Waals surface area contributed by atoms with E-state index in [0.717, 1.165) is 6.54 Å². The Hall–Kier alpha value is -0.540. The third-order valence-corrected chi connectivity index (χ3v) is 2.37. The maximum Gasteiger partial charge on any atom is 0.138 e. The van der Waals surface area contributed by atoms with Gasteiger partial charge < -0.3 is 0 Å². The van der Waals surface area contributed by atoms with Crippen molar-refractivity contribution in [1.29, 1.82) is 0 Å². The molecule has 1 nitrogen and oxygen atoms in total.